The second kappa shape index (κ2) is 7.01. The number of rotatable bonds is 5. The molecule has 0 amide bonds. The zero-order valence-electron chi connectivity index (χ0n) is 10.4. The van der Waals surface area contributed by atoms with Gasteiger partial charge < -0.3 is 30.5 Å². The molecule has 5 atom stereocenters. The number of carbonyl (C=O) groups is 1. The second-order valence-corrected chi connectivity index (χ2v) is 4.38. The van der Waals surface area contributed by atoms with Gasteiger partial charge in [0, 0.05) is 6.42 Å². The average Bonchev–Trinajstić information content (AvgIpc) is 2.37. The van der Waals surface area contributed by atoms with Gasteiger partial charge in [0.25, 0.3) is 0 Å². The third-order valence-corrected chi connectivity index (χ3v) is 2.91. The highest BCUT2D eigenvalue weighted by Gasteiger charge is 2.44. The number of carbonyl (C=O) groups excluding carboxylic acids is 1. The van der Waals surface area contributed by atoms with Gasteiger partial charge in [-0.1, -0.05) is 13.3 Å². The Morgan fingerprint density at radius 1 is 1.39 bits per heavy atom. The molecule has 1 aliphatic rings. The summed E-state index contributed by atoms with van der Waals surface area (Å²) in [7, 11) is 0. The molecule has 1 aliphatic heterocycles. The standard InChI is InChI=1S/C11H21NO6/c1-2-3-4-7(14)18-11-8(12)10(16)9(15)6(5-13)17-11/h6,8-11,13,15-16H,2-5,12H2,1H3/t6-,8-,9-,10-,11?/m1/s1. The van der Waals surface area contributed by atoms with Gasteiger partial charge in [0.05, 0.1) is 12.6 Å². The Labute approximate surface area is 105 Å². The van der Waals surface area contributed by atoms with Crippen molar-refractivity contribution in [1.82, 2.24) is 0 Å². The maximum atomic E-state index is 11.4. The van der Waals surface area contributed by atoms with Crippen LogP contribution in [0.15, 0.2) is 0 Å². The van der Waals surface area contributed by atoms with Crippen LogP contribution in [0.2, 0.25) is 0 Å². The highest BCUT2D eigenvalue weighted by molar-refractivity contribution is 5.69. The van der Waals surface area contributed by atoms with Crippen LogP contribution in [0.1, 0.15) is 26.2 Å². The minimum absolute atomic E-state index is 0.242. The van der Waals surface area contributed by atoms with Crippen LogP contribution in [0.3, 0.4) is 0 Å². The Kier molecular flexibility index (Phi) is 5.97. The van der Waals surface area contributed by atoms with Crippen molar-refractivity contribution in [3.8, 4) is 0 Å². The van der Waals surface area contributed by atoms with Crippen molar-refractivity contribution in [2.75, 3.05) is 6.61 Å². The van der Waals surface area contributed by atoms with E-state index in [1.54, 1.807) is 0 Å². The van der Waals surface area contributed by atoms with Crippen LogP contribution in [0.5, 0.6) is 0 Å². The SMILES string of the molecule is CCCCC(=O)OC1O[C@H](CO)[C@@H](O)[C@H](O)[C@H]1N. The first-order chi connectivity index (χ1) is 8.51. The molecule has 18 heavy (non-hydrogen) atoms. The van der Waals surface area contributed by atoms with Gasteiger partial charge in [0.2, 0.25) is 6.29 Å². The van der Waals surface area contributed by atoms with Gasteiger partial charge in [0.1, 0.15) is 18.3 Å². The summed E-state index contributed by atoms with van der Waals surface area (Å²) in [6.45, 7) is 1.45. The van der Waals surface area contributed by atoms with Crippen LogP contribution in [-0.2, 0) is 14.3 Å². The fraction of sp³-hybridized carbons (Fsp3) is 0.909. The molecule has 1 unspecified atom stereocenters. The molecule has 0 aromatic rings. The lowest BCUT2D eigenvalue weighted by Crippen LogP contribution is -2.62. The van der Waals surface area contributed by atoms with E-state index < -0.39 is 43.2 Å². The van der Waals surface area contributed by atoms with Gasteiger partial charge in [-0.05, 0) is 6.42 Å². The molecule has 0 aliphatic carbocycles. The number of nitrogens with two attached hydrogens (primary N) is 1. The largest absolute Gasteiger partial charge is 0.434 e. The van der Waals surface area contributed by atoms with Gasteiger partial charge in [0.15, 0.2) is 0 Å². The molecule has 106 valence electrons. The predicted molar refractivity (Wildman–Crippen MR) is 61.4 cm³/mol. The number of unbranched alkanes of at least 4 members (excludes halogenated alkanes) is 1. The maximum absolute atomic E-state index is 11.4. The van der Waals surface area contributed by atoms with E-state index in [4.69, 9.17) is 20.3 Å². The molecule has 0 radical (unpaired) electrons. The number of ether oxygens (including phenoxy) is 2. The number of hydrogen-bond donors (Lipinski definition) is 4. The molecule has 1 rings (SSSR count). The van der Waals surface area contributed by atoms with Gasteiger partial charge in [-0.2, -0.15) is 0 Å². The summed E-state index contributed by atoms with van der Waals surface area (Å²) in [5, 5.41) is 28.2. The highest BCUT2D eigenvalue weighted by atomic mass is 16.7. The van der Waals surface area contributed by atoms with Crippen molar-refractivity contribution < 1.29 is 29.6 Å². The third-order valence-electron chi connectivity index (χ3n) is 2.91. The van der Waals surface area contributed by atoms with Crippen LogP contribution < -0.4 is 5.73 Å². The summed E-state index contributed by atoms with van der Waals surface area (Å²) in [6.07, 6.45) is -2.97. The molecule has 0 saturated carbocycles. The first-order valence-electron chi connectivity index (χ1n) is 6.08. The Morgan fingerprint density at radius 3 is 2.61 bits per heavy atom. The van der Waals surface area contributed by atoms with Gasteiger partial charge in [-0.3, -0.25) is 4.79 Å². The third kappa shape index (κ3) is 3.63. The summed E-state index contributed by atoms with van der Waals surface area (Å²) >= 11 is 0. The van der Waals surface area contributed by atoms with E-state index in [9.17, 15) is 15.0 Å². The average molecular weight is 263 g/mol. The van der Waals surface area contributed by atoms with Gasteiger partial charge in [-0.25, -0.2) is 0 Å². The van der Waals surface area contributed by atoms with Crippen molar-refractivity contribution >= 4 is 5.97 Å². The molecule has 1 fully saturated rings. The monoisotopic (exact) mass is 263 g/mol. The van der Waals surface area contributed by atoms with Crippen LogP contribution in [-0.4, -0.2) is 58.5 Å². The van der Waals surface area contributed by atoms with Crippen molar-refractivity contribution in [1.29, 1.82) is 0 Å². The summed E-state index contributed by atoms with van der Waals surface area (Å²) in [6, 6.07) is -1.03. The lowest BCUT2D eigenvalue weighted by atomic mass is 9.98. The molecule has 1 heterocycles. The zero-order chi connectivity index (χ0) is 13.7. The van der Waals surface area contributed by atoms with E-state index in [-0.39, 0.29) is 6.42 Å². The molecule has 0 spiro atoms. The summed E-state index contributed by atoms with van der Waals surface area (Å²) < 4.78 is 10.1. The van der Waals surface area contributed by atoms with Crippen molar-refractivity contribution in [2.45, 2.75) is 56.8 Å². The van der Waals surface area contributed by atoms with E-state index in [1.165, 1.54) is 0 Å². The summed E-state index contributed by atoms with van der Waals surface area (Å²) in [4.78, 5) is 11.4. The molecular formula is C11H21NO6. The topological polar surface area (TPSA) is 122 Å². The minimum Gasteiger partial charge on any atom is -0.434 e. The van der Waals surface area contributed by atoms with Crippen LogP contribution in [0.25, 0.3) is 0 Å². The number of hydrogen-bond acceptors (Lipinski definition) is 7. The van der Waals surface area contributed by atoms with Crippen LogP contribution in [0, 0.1) is 0 Å². The smallest absolute Gasteiger partial charge is 0.308 e. The molecule has 1 saturated heterocycles. The molecule has 0 bridgehead atoms. The Hall–Kier alpha value is -0.730. The minimum atomic E-state index is -1.31. The fourth-order valence-electron chi connectivity index (χ4n) is 1.72. The number of aliphatic hydroxyl groups is 3. The fourth-order valence-corrected chi connectivity index (χ4v) is 1.72. The van der Waals surface area contributed by atoms with Crippen molar-refractivity contribution in [3.63, 3.8) is 0 Å². The van der Waals surface area contributed by atoms with Gasteiger partial charge in [-0.15, -0.1) is 0 Å². The molecule has 0 aromatic carbocycles. The Bertz CT molecular complexity index is 272. The normalized spacial score (nSPS) is 36.4. The first kappa shape index (κ1) is 15.3. The van der Waals surface area contributed by atoms with E-state index in [0.717, 1.165) is 6.42 Å². The number of esters is 1. The quantitative estimate of drug-likeness (QED) is 0.444. The predicted octanol–water partition coefficient (Wildman–Crippen LogP) is -1.51. The Morgan fingerprint density at radius 2 is 2.06 bits per heavy atom. The van der Waals surface area contributed by atoms with Crippen molar-refractivity contribution in [2.24, 2.45) is 5.73 Å². The maximum Gasteiger partial charge on any atom is 0.308 e. The first-order valence-corrected chi connectivity index (χ1v) is 6.08. The van der Waals surface area contributed by atoms with E-state index in [1.807, 2.05) is 6.92 Å². The van der Waals surface area contributed by atoms with E-state index in [0.29, 0.717) is 6.42 Å². The molecule has 7 nitrogen and oxygen atoms in total. The van der Waals surface area contributed by atoms with E-state index >= 15 is 0 Å². The van der Waals surface area contributed by atoms with Crippen LogP contribution >= 0.6 is 0 Å². The molecular weight excluding hydrogens is 242 g/mol. The summed E-state index contributed by atoms with van der Waals surface area (Å²) in [5.74, 6) is -0.474. The summed E-state index contributed by atoms with van der Waals surface area (Å²) in [5.41, 5.74) is 5.61. The molecule has 5 N–H and O–H groups in total. The van der Waals surface area contributed by atoms with Gasteiger partial charge >= 0.3 is 5.97 Å². The Balaban J connectivity index is 2.56. The highest BCUT2D eigenvalue weighted by Crippen LogP contribution is 2.21. The lowest BCUT2D eigenvalue weighted by Gasteiger charge is -2.39. The molecule has 7 heteroatoms. The van der Waals surface area contributed by atoms with E-state index in [2.05, 4.69) is 0 Å². The number of aliphatic hydroxyl groups excluding tert-OH is 3. The lowest BCUT2D eigenvalue weighted by molar-refractivity contribution is -0.259. The van der Waals surface area contributed by atoms with Crippen LogP contribution in [0.4, 0.5) is 0 Å². The zero-order valence-corrected chi connectivity index (χ0v) is 10.4. The molecule has 0 aromatic heterocycles. The van der Waals surface area contributed by atoms with Crippen molar-refractivity contribution in [3.05, 3.63) is 0 Å². The second-order valence-electron chi connectivity index (χ2n) is 4.38.